The quantitative estimate of drug-likeness (QED) is 0.243. The summed E-state index contributed by atoms with van der Waals surface area (Å²) in [7, 11) is 0. The molecule has 0 radical (unpaired) electrons. The number of carbonyl (C=O) groups excluding carboxylic acids is 1. The molecule has 1 aromatic heterocycles. The number of hydrogen-bond acceptors (Lipinski definition) is 5. The van der Waals surface area contributed by atoms with Crippen molar-refractivity contribution in [1.29, 1.82) is 0 Å². The predicted molar refractivity (Wildman–Crippen MR) is 152 cm³/mol. The Bertz CT molecular complexity index is 1640. The monoisotopic (exact) mass is 530 g/mol. The van der Waals surface area contributed by atoms with Crippen molar-refractivity contribution in [3.8, 4) is 11.4 Å². The van der Waals surface area contributed by atoms with Crippen LogP contribution in [0.4, 0.5) is 5.69 Å². The van der Waals surface area contributed by atoms with Crippen LogP contribution in [0, 0.1) is 6.92 Å². The fourth-order valence-electron chi connectivity index (χ4n) is 5.62. The zero-order chi connectivity index (χ0) is 26.4. The SMILES string of the molecule is Cc1ccc(C23CC(c4cnn(-c5ccccc5)n4)Sc4ccccc4N2C(=O)C3Oc2ccccc2)cc1. The van der Waals surface area contributed by atoms with Gasteiger partial charge >= 0.3 is 0 Å². The van der Waals surface area contributed by atoms with Gasteiger partial charge in [-0.05, 0) is 55.3 Å². The van der Waals surface area contributed by atoms with Gasteiger partial charge in [-0.25, -0.2) is 0 Å². The number of ether oxygens (including phenoxy) is 1. The minimum Gasteiger partial charge on any atom is -0.478 e. The molecular weight excluding hydrogens is 504 g/mol. The molecule has 5 aromatic rings. The molecule has 1 saturated heterocycles. The van der Waals surface area contributed by atoms with E-state index in [4.69, 9.17) is 9.84 Å². The van der Waals surface area contributed by atoms with Gasteiger partial charge in [-0.2, -0.15) is 15.0 Å². The van der Waals surface area contributed by atoms with E-state index in [0.29, 0.717) is 12.2 Å². The molecule has 0 saturated carbocycles. The Morgan fingerprint density at radius 2 is 1.56 bits per heavy atom. The summed E-state index contributed by atoms with van der Waals surface area (Å²) in [4.78, 5) is 18.6. The number of β-lactam (4-membered cyclic amide) rings is 1. The van der Waals surface area contributed by atoms with E-state index in [1.54, 1.807) is 16.6 Å². The Kier molecular flexibility index (Phi) is 5.74. The summed E-state index contributed by atoms with van der Waals surface area (Å²) >= 11 is 1.73. The normalized spacial score (nSPS) is 21.9. The standard InChI is InChI=1S/C32H26N4O2S/c1-22-16-18-23(19-17-22)32-20-29(26-21-33-36(34-26)24-10-4-2-5-11-24)39-28-15-9-8-14-27(28)35(32)31(37)30(32)38-25-12-6-3-7-13-25/h2-19,21,29-30H,20H2,1H3. The third-order valence-electron chi connectivity index (χ3n) is 7.52. The lowest BCUT2D eigenvalue weighted by atomic mass is 9.70. The van der Waals surface area contributed by atoms with Crippen LogP contribution in [0.1, 0.15) is 28.5 Å². The molecule has 7 heteroatoms. The van der Waals surface area contributed by atoms with E-state index in [1.807, 2.05) is 90.0 Å². The van der Waals surface area contributed by atoms with Gasteiger partial charge in [0.05, 0.1) is 28.5 Å². The van der Waals surface area contributed by atoms with Gasteiger partial charge < -0.3 is 4.74 Å². The highest BCUT2D eigenvalue weighted by Gasteiger charge is 2.65. The van der Waals surface area contributed by atoms with Gasteiger partial charge in [0.2, 0.25) is 6.10 Å². The van der Waals surface area contributed by atoms with Crippen LogP contribution in [-0.4, -0.2) is 27.0 Å². The third kappa shape index (κ3) is 3.92. The maximum atomic E-state index is 14.0. The van der Waals surface area contributed by atoms with E-state index < -0.39 is 11.6 Å². The minimum atomic E-state index is -0.721. The highest BCUT2D eigenvalue weighted by Crippen LogP contribution is 2.59. The predicted octanol–water partition coefficient (Wildman–Crippen LogP) is 6.50. The zero-order valence-corrected chi connectivity index (χ0v) is 22.2. The first-order chi connectivity index (χ1) is 19.1. The summed E-state index contributed by atoms with van der Waals surface area (Å²) in [6.07, 6.45) is 1.78. The van der Waals surface area contributed by atoms with Crippen LogP contribution in [0.25, 0.3) is 5.69 Å². The molecule has 0 aliphatic carbocycles. The van der Waals surface area contributed by atoms with Crippen LogP contribution < -0.4 is 9.64 Å². The number of benzene rings is 4. The summed E-state index contributed by atoms with van der Waals surface area (Å²) in [5, 5.41) is 9.44. The van der Waals surface area contributed by atoms with E-state index >= 15 is 0 Å². The maximum Gasteiger partial charge on any atom is 0.271 e. The first-order valence-corrected chi connectivity index (χ1v) is 13.9. The zero-order valence-electron chi connectivity index (χ0n) is 21.3. The van der Waals surface area contributed by atoms with Crippen LogP contribution in [0.2, 0.25) is 0 Å². The summed E-state index contributed by atoms with van der Waals surface area (Å²) in [5.41, 5.74) is 4.16. The van der Waals surface area contributed by atoms with Crippen molar-refractivity contribution >= 4 is 23.4 Å². The number of aryl methyl sites for hydroxylation is 1. The van der Waals surface area contributed by atoms with Crippen molar-refractivity contribution in [3.05, 3.63) is 132 Å². The van der Waals surface area contributed by atoms with Crippen molar-refractivity contribution in [2.75, 3.05) is 4.90 Å². The number of amides is 1. The second-order valence-electron chi connectivity index (χ2n) is 9.95. The van der Waals surface area contributed by atoms with E-state index in [9.17, 15) is 4.79 Å². The topological polar surface area (TPSA) is 60.2 Å². The largest absolute Gasteiger partial charge is 0.478 e. The first kappa shape index (κ1) is 23.7. The summed E-state index contributed by atoms with van der Waals surface area (Å²) in [6.45, 7) is 2.08. The minimum absolute atomic E-state index is 0.0407. The summed E-state index contributed by atoms with van der Waals surface area (Å²) in [6, 6.07) is 36.1. The van der Waals surface area contributed by atoms with Crippen molar-refractivity contribution in [2.45, 2.75) is 35.1 Å². The first-order valence-electron chi connectivity index (χ1n) is 13.0. The molecule has 3 unspecified atom stereocenters. The number of anilines is 1. The molecule has 39 heavy (non-hydrogen) atoms. The van der Waals surface area contributed by atoms with Crippen molar-refractivity contribution in [2.24, 2.45) is 0 Å². The van der Waals surface area contributed by atoms with Crippen molar-refractivity contribution in [1.82, 2.24) is 15.0 Å². The third-order valence-corrected chi connectivity index (χ3v) is 8.82. The van der Waals surface area contributed by atoms with Crippen molar-refractivity contribution < 1.29 is 9.53 Å². The Balaban J connectivity index is 1.38. The van der Waals surface area contributed by atoms with Gasteiger partial charge in [-0.15, -0.1) is 11.8 Å². The lowest BCUT2D eigenvalue weighted by Crippen LogP contribution is -2.74. The van der Waals surface area contributed by atoms with E-state index in [2.05, 4.69) is 42.4 Å². The summed E-state index contributed by atoms with van der Waals surface area (Å²) in [5.74, 6) is 0.639. The molecule has 2 aliphatic rings. The van der Waals surface area contributed by atoms with Crippen LogP contribution >= 0.6 is 11.8 Å². The fourth-order valence-corrected chi connectivity index (χ4v) is 6.93. The number of thioether (sulfide) groups is 1. The van der Waals surface area contributed by atoms with Crippen molar-refractivity contribution in [3.63, 3.8) is 0 Å². The molecule has 192 valence electrons. The fraction of sp³-hybridized carbons (Fsp3) is 0.156. The molecule has 0 N–H and O–H groups in total. The number of fused-ring (bicyclic) bond motifs is 3. The van der Waals surface area contributed by atoms with Gasteiger partial charge in [-0.3, -0.25) is 9.69 Å². The number of aromatic nitrogens is 3. The second-order valence-corrected chi connectivity index (χ2v) is 11.2. The number of para-hydroxylation sites is 3. The Hall–Kier alpha value is -4.36. The van der Waals surface area contributed by atoms with Gasteiger partial charge in [-0.1, -0.05) is 78.4 Å². The Morgan fingerprint density at radius 3 is 2.33 bits per heavy atom. The molecule has 3 atom stereocenters. The highest BCUT2D eigenvalue weighted by molar-refractivity contribution is 7.99. The molecule has 1 amide bonds. The molecule has 2 aliphatic heterocycles. The Labute approximate surface area is 231 Å². The second kappa shape index (κ2) is 9.43. The summed E-state index contributed by atoms with van der Waals surface area (Å²) < 4.78 is 6.51. The molecule has 1 fully saturated rings. The lowest BCUT2D eigenvalue weighted by molar-refractivity contribution is -0.142. The average molecular weight is 531 g/mol. The van der Waals surface area contributed by atoms with E-state index in [-0.39, 0.29) is 11.2 Å². The lowest BCUT2D eigenvalue weighted by Gasteiger charge is -2.56. The molecule has 6 nitrogen and oxygen atoms in total. The van der Waals surface area contributed by atoms with Crippen LogP contribution in [-0.2, 0) is 10.3 Å². The smallest absolute Gasteiger partial charge is 0.271 e. The number of nitrogens with zero attached hydrogens (tertiary/aromatic N) is 4. The van der Waals surface area contributed by atoms with E-state index in [1.165, 1.54) is 5.56 Å². The van der Waals surface area contributed by atoms with Crippen LogP contribution in [0.3, 0.4) is 0 Å². The van der Waals surface area contributed by atoms with Gasteiger partial charge in [0.1, 0.15) is 11.3 Å². The molecule has 3 heterocycles. The van der Waals surface area contributed by atoms with Gasteiger partial charge in [0, 0.05) is 4.90 Å². The maximum absolute atomic E-state index is 14.0. The molecule has 4 aromatic carbocycles. The Morgan fingerprint density at radius 1 is 0.872 bits per heavy atom. The highest BCUT2D eigenvalue weighted by atomic mass is 32.2. The van der Waals surface area contributed by atoms with Gasteiger partial charge in [0.25, 0.3) is 5.91 Å². The molecule has 0 spiro atoms. The van der Waals surface area contributed by atoms with Crippen LogP contribution in [0.15, 0.2) is 120 Å². The number of rotatable bonds is 5. The molecule has 7 rings (SSSR count). The molecule has 0 bridgehead atoms. The number of hydrogen-bond donors (Lipinski definition) is 0. The molecular formula is C32H26N4O2S. The average Bonchev–Trinajstić information content (AvgIpc) is 3.43. The van der Waals surface area contributed by atoms with Gasteiger partial charge in [0.15, 0.2) is 0 Å². The number of carbonyl (C=O) groups is 1. The van der Waals surface area contributed by atoms with E-state index in [0.717, 1.165) is 27.5 Å². The van der Waals surface area contributed by atoms with Crippen LogP contribution in [0.5, 0.6) is 5.75 Å².